The first-order valence-corrected chi connectivity index (χ1v) is 3.82. The van der Waals surface area contributed by atoms with E-state index in [9.17, 15) is 9.59 Å². The van der Waals surface area contributed by atoms with Crippen LogP contribution in [0.4, 0.5) is 0 Å². The average molecular weight is 182 g/mol. The molecule has 1 aromatic heterocycles. The van der Waals surface area contributed by atoms with Gasteiger partial charge in [-0.15, -0.1) is 0 Å². The summed E-state index contributed by atoms with van der Waals surface area (Å²) < 4.78 is 9.75. The van der Waals surface area contributed by atoms with Crippen molar-refractivity contribution in [3.8, 4) is 0 Å². The van der Waals surface area contributed by atoms with Crippen molar-refractivity contribution < 1.29 is 18.7 Å². The molecule has 13 heavy (non-hydrogen) atoms. The zero-order chi connectivity index (χ0) is 9.84. The van der Waals surface area contributed by atoms with Gasteiger partial charge in [0.15, 0.2) is 11.5 Å². The Morgan fingerprint density at radius 2 is 2.08 bits per heavy atom. The lowest BCUT2D eigenvalue weighted by Gasteiger charge is -1.96. The number of ketones is 1. The SMILES string of the molecule is CC(=O)OCc1ccc(C(C)=O)o1. The Labute approximate surface area is 75.5 Å². The fraction of sp³-hybridized carbons (Fsp3) is 0.333. The molecule has 1 heterocycles. The van der Waals surface area contributed by atoms with Gasteiger partial charge < -0.3 is 9.15 Å². The van der Waals surface area contributed by atoms with E-state index in [4.69, 9.17) is 4.42 Å². The molecule has 0 saturated heterocycles. The summed E-state index contributed by atoms with van der Waals surface area (Å²) in [7, 11) is 0. The van der Waals surface area contributed by atoms with E-state index in [2.05, 4.69) is 4.74 Å². The lowest BCUT2D eigenvalue weighted by atomic mass is 10.3. The smallest absolute Gasteiger partial charge is 0.303 e. The molecule has 70 valence electrons. The molecule has 0 aromatic carbocycles. The van der Waals surface area contributed by atoms with Gasteiger partial charge in [-0.1, -0.05) is 0 Å². The van der Waals surface area contributed by atoms with Gasteiger partial charge in [-0.3, -0.25) is 9.59 Å². The highest BCUT2D eigenvalue weighted by molar-refractivity contribution is 5.91. The number of hydrogen-bond donors (Lipinski definition) is 0. The first-order chi connectivity index (χ1) is 6.09. The molecule has 0 spiro atoms. The summed E-state index contributed by atoms with van der Waals surface area (Å²) in [5.74, 6) is 0.234. The fourth-order valence-corrected chi connectivity index (χ4v) is 0.817. The highest BCUT2D eigenvalue weighted by Crippen LogP contribution is 2.09. The monoisotopic (exact) mass is 182 g/mol. The highest BCUT2D eigenvalue weighted by atomic mass is 16.5. The number of hydrogen-bond acceptors (Lipinski definition) is 4. The van der Waals surface area contributed by atoms with Crippen molar-refractivity contribution >= 4 is 11.8 Å². The van der Waals surface area contributed by atoms with Crippen molar-refractivity contribution in [2.45, 2.75) is 20.5 Å². The van der Waals surface area contributed by atoms with Crippen LogP contribution < -0.4 is 0 Å². The molecule has 4 nitrogen and oxygen atoms in total. The van der Waals surface area contributed by atoms with E-state index in [0.29, 0.717) is 5.76 Å². The number of Topliss-reactive ketones (excluding diaryl/α,β-unsaturated/α-hetero) is 1. The van der Waals surface area contributed by atoms with Gasteiger partial charge in [-0.2, -0.15) is 0 Å². The molecular formula is C9H10O4. The zero-order valence-corrected chi connectivity index (χ0v) is 7.49. The van der Waals surface area contributed by atoms with Gasteiger partial charge in [0.2, 0.25) is 0 Å². The zero-order valence-electron chi connectivity index (χ0n) is 7.49. The summed E-state index contributed by atoms with van der Waals surface area (Å²) in [5.41, 5.74) is 0. The van der Waals surface area contributed by atoms with Crippen LogP contribution in [-0.2, 0) is 16.1 Å². The molecule has 0 unspecified atom stereocenters. The van der Waals surface area contributed by atoms with E-state index < -0.39 is 0 Å². The summed E-state index contributed by atoms with van der Waals surface area (Å²) in [5, 5.41) is 0. The van der Waals surface area contributed by atoms with Crippen LogP contribution in [0.15, 0.2) is 16.5 Å². The quantitative estimate of drug-likeness (QED) is 0.525. The predicted molar refractivity (Wildman–Crippen MR) is 44.2 cm³/mol. The van der Waals surface area contributed by atoms with Gasteiger partial charge in [-0.05, 0) is 12.1 Å². The van der Waals surface area contributed by atoms with Crippen LogP contribution in [0.5, 0.6) is 0 Å². The van der Waals surface area contributed by atoms with Crippen molar-refractivity contribution in [3.05, 3.63) is 23.7 Å². The standard InChI is InChI=1S/C9H10O4/c1-6(10)9-4-3-8(13-9)5-12-7(2)11/h3-4H,5H2,1-2H3. The molecule has 1 aromatic rings. The Balaban J connectivity index is 2.59. The minimum absolute atomic E-state index is 0.0720. The van der Waals surface area contributed by atoms with Crippen LogP contribution in [-0.4, -0.2) is 11.8 Å². The molecule has 0 atom stereocenters. The van der Waals surface area contributed by atoms with E-state index in [1.165, 1.54) is 13.8 Å². The second kappa shape index (κ2) is 3.89. The third-order valence-corrected chi connectivity index (χ3v) is 1.43. The molecule has 0 fully saturated rings. The topological polar surface area (TPSA) is 56.5 Å². The molecule has 0 aliphatic carbocycles. The number of esters is 1. The average Bonchev–Trinajstić information content (AvgIpc) is 2.48. The lowest BCUT2D eigenvalue weighted by Crippen LogP contribution is -1.97. The summed E-state index contributed by atoms with van der Waals surface area (Å²) in [6, 6.07) is 3.17. The van der Waals surface area contributed by atoms with E-state index in [0.717, 1.165) is 0 Å². The van der Waals surface area contributed by atoms with Crippen molar-refractivity contribution in [2.75, 3.05) is 0 Å². The second-order valence-corrected chi connectivity index (χ2v) is 2.60. The third kappa shape index (κ3) is 2.74. The van der Waals surface area contributed by atoms with Crippen LogP contribution in [0.1, 0.15) is 30.2 Å². The van der Waals surface area contributed by atoms with Crippen LogP contribution in [0.2, 0.25) is 0 Å². The largest absolute Gasteiger partial charge is 0.458 e. The normalized spacial score (nSPS) is 9.69. The molecule has 0 aliphatic rings. The Hall–Kier alpha value is -1.58. The van der Waals surface area contributed by atoms with E-state index in [1.807, 2.05) is 0 Å². The van der Waals surface area contributed by atoms with Crippen LogP contribution >= 0.6 is 0 Å². The maximum Gasteiger partial charge on any atom is 0.303 e. The summed E-state index contributed by atoms with van der Waals surface area (Å²) in [6.45, 7) is 2.80. The van der Waals surface area contributed by atoms with Gasteiger partial charge >= 0.3 is 5.97 Å². The van der Waals surface area contributed by atoms with Gasteiger partial charge in [0.1, 0.15) is 12.4 Å². The van der Waals surface area contributed by atoms with E-state index >= 15 is 0 Å². The first-order valence-electron chi connectivity index (χ1n) is 3.82. The molecule has 0 saturated carbocycles. The van der Waals surface area contributed by atoms with E-state index in [1.54, 1.807) is 12.1 Å². The minimum atomic E-state index is -0.374. The third-order valence-electron chi connectivity index (χ3n) is 1.43. The molecule has 0 aliphatic heterocycles. The molecule has 0 radical (unpaired) electrons. The first kappa shape index (κ1) is 9.51. The van der Waals surface area contributed by atoms with Gasteiger partial charge in [0, 0.05) is 13.8 Å². The fourth-order valence-electron chi connectivity index (χ4n) is 0.817. The molecular weight excluding hydrogens is 172 g/mol. The number of ether oxygens (including phenoxy) is 1. The lowest BCUT2D eigenvalue weighted by molar-refractivity contribution is -0.142. The summed E-state index contributed by atoms with van der Waals surface area (Å²) >= 11 is 0. The molecule has 4 heteroatoms. The maximum atomic E-state index is 10.8. The van der Waals surface area contributed by atoms with Crippen molar-refractivity contribution in [1.29, 1.82) is 0 Å². The molecule has 1 rings (SSSR count). The Bertz CT molecular complexity index is 324. The Morgan fingerprint density at radius 1 is 1.38 bits per heavy atom. The summed E-state index contributed by atoms with van der Waals surface area (Å²) in [6.07, 6.45) is 0. The van der Waals surface area contributed by atoms with E-state index in [-0.39, 0.29) is 24.1 Å². The number of rotatable bonds is 3. The van der Waals surface area contributed by atoms with Crippen molar-refractivity contribution in [3.63, 3.8) is 0 Å². The maximum absolute atomic E-state index is 10.8. The Kier molecular flexibility index (Phi) is 2.84. The van der Waals surface area contributed by atoms with Crippen LogP contribution in [0.25, 0.3) is 0 Å². The minimum Gasteiger partial charge on any atom is -0.458 e. The molecule has 0 bridgehead atoms. The van der Waals surface area contributed by atoms with Crippen LogP contribution in [0, 0.1) is 0 Å². The summed E-state index contributed by atoms with van der Waals surface area (Å²) in [4.78, 5) is 21.2. The van der Waals surface area contributed by atoms with Gasteiger partial charge in [0.25, 0.3) is 0 Å². The highest BCUT2D eigenvalue weighted by Gasteiger charge is 2.06. The van der Waals surface area contributed by atoms with Crippen LogP contribution in [0.3, 0.4) is 0 Å². The number of carbonyl (C=O) groups excluding carboxylic acids is 2. The predicted octanol–water partition coefficient (Wildman–Crippen LogP) is 1.55. The second-order valence-electron chi connectivity index (χ2n) is 2.60. The Morgan fingerprint density at radius 3 is 2.54 bits per heavy atom. The number of carbonyl (C=O) groups is 2. The van der Waals surface area contributed by atoms with Crippen molar-refractivity contribution in [1.82, 2.24) is 0 Å². The molecule has 0 N–H and O–H groups in total. The van der Waals surface area contributed by atoms with Gasteiger partial charge in [-0.25, -0.2) is 0 Å². The number of furan rings is 1. The molecule has 0 amide bonds. The van der Waals surface area contributed by atoms with Crippen molar-refractivity contribution in [2.24, 2.45) is 0 Å². The van der Waals surface area contributed by atoms with Gasteiger partial charge in [0.05, 0.1) is 0 Å².